The molecule has 30 heavy (non-hydrogen) atoms. The number of carbonyl (C=O) groups is 2. The van der Waals surface area contributed by atoms with E-state index < -0.39 is 12.0 Å². The summed E-state index contributed by atoms with van der Waals surface area (Å²) in [7, 11) is 0. The Morgan fingerprint density at radius 2 is 2.00 bits per heavy atom. The fourth-order valence-electron chi connectivity index (χ4n) is 3.70. The van der Waals surface area contributed by atoms with Crippen molar-refractivity contribution in [2.24, 2.45) is 17.1 Å². The van der Waals surface area contributed by atoms with Gasteiger partial charge in [0.1, 0.15) is 10.8 Å². The van der Waals surface area contributed by atoms with Crippen LogP contribution in [0.3, 0.4) is 0 Å². The molecule has 0 aliphatic heterocycles. The Bertz CT molecular complexity index is 981. The molecule has 1 heterocycles. The minimum absolute atomic E-state index is 0.179. The Kier molecular flexibility index (Phi) is 6.70. The van der Waals surface area contributed by atoms with Crippen LogP contribution >= 0.6 is 34.5 Å². The number of ether oxygens (including phenoxy) is 1. The second-order valence-corrected chi connectivity index (χ2v) is 10.7. The number of hydrogen-bond donors (Lipinski definition) is 2. The summed E-state index contributed by atoms with van der Waals surface area (Å²) in [4.78, 5) is 26.0. The minimum atomic E-state index is -0.828. The second kappa shape index (κ2) is 8.77. The zero-order valence-electron chi connectivity index (χ0n) is 17.5. The van der Waals surface area contributed by atoms with Crippen LogP contribution in [-0.2, 0) is 17.6 Å². The van der Waals surface area contributed by atoms with Crippen LogP contribution in [0.15, 0.2) is 18.2 Å². The SMILES string of the molecule is CC(Oc1ccc(Cl)cc1Cl)C(=O)Nc1sc2c(c1C(N)=O)CCC(C(C)(C)C)C2. The summed E-state index contributed by atoms with van der Waals surface area (Å²) in [6, 6.07) is 4.80. The van der Waals surface area contributed by atoms with E-state index in [9.17, 15) is 9.59 Å². The lowest BCUT2D eigenvalue weighted by Crippen LogP contribution is -2.31. The number of halogens is 2. The predicted octanol–water partition coefficient (Wildman–Crippen LogP) is 5.71. The van der Waals surface area contributed by atoms with Crippen LogP contribution in [-0.4, -0.2) is 17.9 Å². The lowest BCUT2D eigenvalue weighted by Gasteiger charge is -2.33. The topological polar surface area (TPSA) is 81.4 Å². The van der Waals surface area contributed by atoms with Crippen LogP contribution in [0.4, 0.5) is 5.00 Å². The highest BCUT2D eigenvalue weighted by Crippen LogP contribution is 2.44. The third kappa shape index (κ3) is 4.93. The van der Waals surface area contributed by atoms with Crippen LogP contribution in [0.5, 0.6) is 5.75 Å². The first-order valence-electron chi connectivity index (χ1n) is 9.84. The van der Waals surface area contributed by atoms with Gasteiger partial charge in [0.15, 0.2) is 6.10 Å². The van der Waals surface area contributed by atoms with Crippen molar-refractivity contribution in [1.82, 2.24) is 0 Å². The summed E-state index contributed by atoms with van der Waals surface area (Å²) in [6.07, 6.45) is 1.83. The van der Waals surface area contributed by atoms with Crippen molar-refractivity contribution >= 4 is 51.4 Å². The van der Waals surface area contributed by atoms with Crippen molar-refractivity contribution in [3.63, 3.8) is 0 Å². The molecule has 2 unspecified atom stereocenters. The number of nitrogens with one attached hydrogen (secondary N) is 1. The van der Waals surface area contributed by atoms with E-state index in [2.05, 4.69) is 26.1 Å². The van der Waals surface area contributed by atoms with E-state index in [0.717, 1.165) is 29.7 Å². The molecule has 0 fully saturated rings. The lowest BCUT2D eigenvalue weighted by atomic mass is 9.72. The van der Waals surface area contributed by atoms with Crippen LogP contribution in [0, 0.1) is 11.3 Å². The summed E-state index contributed by atoms with van der Waals surface area (Å²) >= 11 is 13.5. The molecular weight excluding hydrogens is 443 g/mol. The number of carbonyl (C=O) groups excluding carboxylic acids is 2. The maximum Gasteiger partial charge on any atom is 0.265 e. The third-order valence-electron chi connectivity index (χ3n) is 5.54. The highest BCUT2D eigenvalue weighted by molar-refractivity contribution is 7.17. The van der Waals surface area contributed by atoms with E-state index in [-0.39, 0.29) is 11.3 Å². The van der Waals surface area contributed by atoms with Crippen LogP contribution in [0.25, 0.3) is 0 Å². The van der Waals surface area contributed by atoms with E-state index in [0.29, 0.717) is 32.3 Å². The average molecular weight is 469 g/mol. The second-order valence-electron chi connectivity index (χ2n) is 8.70. The summed E-state index contributed by atoms with van der Waals surface area (Å²) in [5.74, 6) is -0.0274. The first-order chi connectivity index (χ1) is 14.0. The fraction of sp³-hybridized carbons (Fsp3) is 0.455. The number of anilines is 1. The number of fused-ring (bicyclic) bond motifs is 1. The van der Waals surface area contributed by atoms with Gasteiger partial charge in [0, 0.05) is 9.90 Å². The number of primary amides is 1. The van der Waals surface area contributed by atoms with E-state index in [1.165, 1.54) is 11.3 Å². The molecule has 2 aromatic rings. The minimum Gasteiger partial charge on any atom is -0.479 e. The van der Waals surface area contributed by atoms with Gasteiger partial charge in [0.2, 0.25) is 0 Å². The molecule has 162 valence electrons. The van der Waals surface area contributed by atoms with Gasteiger partial charge in [0.05, 0.1) is 10.6 Å². The molecule has 1 aliphatic carbocycles. The molecule has 1 aromatic heterocycles. The van der Waals surface area contributed by atoms with Crippen molar-refractivity contribution in [1.29, 1.82) is 0 Å². The molecule has 5 nitrogen and oxygen atoms in total. The van der Waals surface area contributed by atoms with Crippen molar-refractivity contribution < 1.29 is 14.3 Å². The molecule has 0 radical (unpaired) electrons. The van der Waals surface area contributed by atoms with Gasteiger partial charge in [-0.15, -0.1) is 11.3 Å². The van der Waals surface area contributed by atoms with Crippen molar-refractivity contribution in [2.75, 3.05) is 5.32 Å². The largest absolute Gasteiger partial charge is 0.479 e. The molecule has 3 rings (SSSR count). The predicted molar refractivity (Wildman–Crippen MR) is 123 cm³/mol. The quantitative estimate of drug-likeness (QED) is 0.589. The Balaban J connectivity index is 1.79. The summed E-state index contributed by atoms with van der Waals surface area (Å²) < 4.78 is 5.68. The molecule has 0 spiro atoms. The van der Waals surface area contributed by atoms with Gasteiger partial charge in [-0.1, -0.05) is 44.0 Å². The van der Waals surface area contributed by atoms with E-state index >= 15 is 0 Å². The van der Waals surface area contributed by atoms with E-state index in [1.54, 1.807) is 25.1 Å². The van der Waals surface area contributed by atoms with Gasteiger partial charge in [-0.05, 0) is 61.3 Å². The maximum absolute atomic E-state index is 12.8. The summed E-state index contributed by atoms with van der Waals surface area (Å²) in [6.45, 7) is 8.31. The molecule has 8 heteroatoms. The summed E-state index contributed by atoms with van der Waals surface area (Å²) in [5.41, 5.74) is 7.24. The Labute approximate surface area is 190 Å². The van der Waals surface area contributed by atoms with Gasteiger partial charge in [-0.2, -0.15) is 0 Å². The monoisotopic (exact) mass is 468 g/mol. The molecule has 0 saturated carbocycles. The molecule has 2 atom stereocenters. The van der Waals surface area contributed by atoms with E-state index in [1.807, 2.05) is 0 Å². The van der Waals surface area contributed by atoms with Crippen LogP contribution in [0.2, 0.25) is 10.0 Å². The zero-order valence-corrected chi connectivity index (χ0v) is 19.8. The number of rotatable bonds is 5. The smallest absolute Gasteiger partial charge is 0.265 e. The van der Waals surface area contributed by atoms with Crippen LogP contribution in [0.1, 0.15) is 54.9 Å². The maximum atomic E-state index is 12.8. The number of benzene rings is 1. The van der Waals surface area contributed by atoms with Crippen molar-refractivity contribution in [3.05, 3.63) is 44.2 Å². The number of nitrogens with two attached hydrogens (primary N) is 1. The van der Waals surface area contributed by atoms with Gasteiger partial charge < -0.3 is 15.8 Å². The molecular formula is C22H26Cl2N2O3S. The Hall–Kier alpha value is -1.76. The van der Waals surface area contributed by atoms with Crippen molar-refractivity contribution in [3.8, 4) is 5.75 Å². The first-order valence-corrected chi connectivity index (χ1v) is 11.4. The first kappa shape index (κ1) is 22.9. The standard InChI is InChI=1S/C22H26Cl2N2O3S/c1-11(29-16-8-6-13(23)10-15(16)24)20(28)26-21-18(19(25)27)14-7-5-12(22(2,3)4)9-17(14)30-21/h6,8,10-12H,5,7,9H2,1-4H3,(H2,25,27)(H,26,28). The van der Waals surface area contributed by atoms with Gasteiger partial charge in [0.25, 0.3) is 11.8 Å². The molecule has 1 aromatic carbocycles. The number of amides is 2. The normalized spacial score (nSPS) is 17.2. The Morgan fingerprint density at radius 1 is 1.30 bits per heavy atom. The highest BCUT2D eigenvalue weighted by atomic mass is 35.5. The van der Waals surface area contributed by atoms with Gasteiger partial charge >= 0.3 is 0 Å². The van der Waals surface area contributed by atoms with Gasteiger partial charge in [-0.25, -0.2) is 0 Å². The molecule has 0 bridgehead atoms. The molecule has 0 saturated heterocycles. The zero-order chi connectivity index (χ0) is 22.2. The van der Waals surface area contributed by atoms with Crippen molar-refractivity contribution in [2.45, 2.75) is 53.1 Å². The number of hydrogen-bond acceptors (Lipinski definition) is 4. The van der Waals surface area contributed by atoms with Gasteiger partial charge in [-0.3, -0.25) is 9.59 Å². The Morgan fingerprint density at radius 3 is 2.60 bits per heavy atom. The average Bonchev–Trinajstić information content (AvgIpc) is 3.00. The lowest BCUT2D eigenvalue weighted by molar-refractivity contribution is -0.122. The molecule has 1 aliphatic rings. The number of thiophene rings is 1. The fourth-order valence-corrected chi connectivity index (χ4v) is 5.49. The molecule has 3 N–H and O–H groups in total. The summed E-state index contributed by atoms with van der Waals surface area (Å²) in [5, 5.41) is 4.13. The molecule has 2 amide bonds. The highest BCUT2D eigenvalue weighted by Gasteiger charge is 2.34. The third-order valence-corrected chi connectivity index (χ3v) is 7.24. The van der Waals surface area contributed by atoms with Crippen LogP contribution < -0.4 is 15.8 Å². The van der Waals surface area contributed by atoms with E-state index in [4.69, 9.17) is 33.7 Å².